The molecule has 3 nitrogen and oxygen atoms in total. The molecular formula is C21H20O3. The Morgan fingerprint density at radius 1 is 0.708 bits per heavy atom. The van der Waals surface area contributed by atoms with Gasteiger partial charge < -0.3 is 14.9 Å². The molecule has 3 rings (SSSR count). The molecule has 0 heterocycles. The number of aromatic hydroxyl groups is 2. The van der Waals surface area contributed by atoms with E-state index in [9.17, 15) is 10.2 Å². The molecule has 0 amide bonds. The van der Waals surface area contributed by atoms with E-state index in [-0.39, 0.29) is 11.5 Å². The molecule has 122 valence electrons. The van der Waals surface area contributed by atoms with Crippen LogP contribution >= 0.6 is 0 Å². The third kappa shape index (κ3) is 3.51. The lowest BCUT2D eigenvalue weighted by Gasteiger charge is -2.10. The second-order valence-electron chi connectivity index (χ2n) is 5.66. The summed E-state index contributed by atoms with van der Waals surface area (Å²) in [5.74, 6) is 0.934. The smallest absolute Gasteiger partial charge is 0.161 e. The predicted molar refractivity (Wildman–Crippen MR) is 96.4 cm³/mol. The van der Waals surface area contributed by atoms with Gasteiger partial charge in [-0.15, -0.1) is 0 Å². The van der Waals surface area contributed by atoms with E-state index < -0.39 is 0 Å². The summed E-state index contributed by atoms with van der Waals surface area (Å²) in [6, 6.07) is 20.7. The van der Waals surface area contributed by atoms with Gasteiger partial charge in [-0.05, 0) is 52.9 Å². The zero-order chi connectivity index (χ0) is 16.9. The van der Waals surface area contributed by atoms with Crippen molar-refractivity contribution in [2.45, 2.75) is 13.3 Å². The molecule has 0 saturated carbocycles. The average Bonchev–Trinajstić information content (AvgIpc) is 2.62. The van der Waals surface area contributed by atoms with E-state index in [1.54, 1.807) is 18.2 Å². The molecule has 0 bridgehead atoms. The van der Waals surface area contributed by atoms with Crippen molar-refractivity contribution >= 4 is 0 Å². The standard InChI is InChI=1S/C21H20O3/c1-2-13-24-21-14-18(9-12-20(21)23)17-5-3-15(4-6-17)16-7-10-19(22)11-8-16/h3-12,14,22-23H,2,13H2,1H3. The van der Waals surface area contributed by atoms with Crippen LogP contribution in [-0.2, 0) is 0 Å². The first-order valence-electron chi connectivity index (χ1n) is 8.03. The molecule has 0 aliphatic carbocycles. The van der Waals surface area contributed by atoms with E-state index in [1.807, 2.05) is 55.5 Å². The molecule has 0 radical (unpaired) electrons. The normalized spacial score (nSPS) is 10.5. The highest BCUT2D eigenvalue weighted by Crippen LogP contribution is 2.33. The lowest BCUT2D eigenvalue weighted by atomic mass is 10.00. The third-order valence-electron chi connectivity index (χ3n) is 3.84. The minimum Gasteiger partial charge on any atom is -0.508 e. The van der Waals surface area contributed by atoms with Crippen molar-refractivity contribution in [3.8, 4) is 39.5 Å². The number of hydrogen-bond acceptors (Lipinski definition) is 3. The van der Waals surface area contributed by atoms with Crippen LogP contribution < -0.4 is 4.74 Å². The summed E-state index contributed by atoms with van der Waals surface area (Å²) in [5, 5.41) is 19.3. The summed E-state index contributed by atoms with van der Waals surface area (Å²) in [7, 11) is 0. The summed E-state index contributed by atoms with van der Waals surface area (Å²) in [5.41, 5.74) is 4.19. The largest absolute Gasteiger partial charge is 0.508 e. The summed E-state index contributed by atoms with van der Waals surface area (Å²) >= 11 is 0. The fourth-order valence-electron chi connectivity index (χ4n) is 2.53. The lowest BCUT2D eigenvalue weighted by molar-refractivity contribution is 0.299. The summed E-state index contributed by atoms with van der Waals surface area (Å²) in [4.78, 5) is 0. The minimum absolute atomic E-state index is 0.160. The highest BCUT2D eigenvalue weighted by molar-refractivity contribution is 5.72. The molecule has 0 aromatic heterocycles. The van der Waals surface area contributed by atoms with Crippen LogP contribution in [-0.4, -0.2) is 16.8 Å². The van der Waals surface area contributed by atoms with Gasteiger partial charge in [0.25, 0.3) is 0 Å². The molecule has 24 heavy (non-hydrogen) atoms. The van der Waals surface area contributed by atoms with Crippen LogP contribution in [0.1, 0.15) is 13.3 Å². The Labute approximate surface area is 141 Å². The van der Waals surface area contributed by atoms with Gasteiger partial charge in [0.2, 0.25) is 0 Å². The van der Waals surface area contributed by atoms with E-state index in [1.165, 1.54) is 0 Å². The van der Waals surface area contributed by atoms with Crippen LogP contribution in [0, 0.1) is 0 Å². The molecule has 3 aromatic rings. The van der Waals surface area contributed by atoms with Gasteiger partial charge in [0.1, 0.15) is 5.75 Å². The van der Waals surface area contributed by atoms with Crippen molar-refractivity contribution in [1.29, 1.82) is 0 Å². The Balaban J connectivity index is 1.86. The monoisotopic (exact) mass is 320 g/mol. The Kier molecular flexibility index (Phi) is 4.71. The number of phenols is 2. The van der Waals surface area contributed by atoms with Crippen molar-refractivity contribution in [2.75, 3.05) is 6.61 Å². The zero-order valence-corrected chi connectivity index (χ0v) is 13.6. The topological polar surface area (TPSA) is 49.7 Å². The van der Waals surface area contributed by atoms with Gasteiger partial charge in [-0.3, -0.25) is 0 Å². The molecule has 2 N–H and O–H groups in total. The van der Waals surface area contributed by atoms with Gasteiger partial charge in [-0.1, -0.05) is 49.4 Å². The fraction of sp³-hybridized carbons (Fsp3) is 0.143. The Morgan fingerprint density at radius 3 is 1.79 bits per heavy atom. The Hall–Kier alpha value is -2.94. The molecule has 0 saturated heterocycles. The molecule has 3 heteroatoms. The average molecular weight is 320 g/mol. The van der Waals surface area contributed by atoms with Gasteiger partial charge in [0.15, 0.2) is 11.5 Å². The molecule has 0 aliphatic heterocycles. The SMILES string of the molecule is CCCOc1cc(-c2ccc(-c3ccc(O)cc3)cc2)ccc1O. The second kappa shape index (κ2) is 7.09. The Bertz CT molecular complexity index is 805. The molecule has 0 unspecified atom stereocenters. The molecule has 0 spiro atoms. The van der Waals surface area contributed by atoms with E-state index in [0.717, 1.165) is 28.7 Å². The number of ether oxygens (including phenoxy) is 1. The fourth-order valence-corrected chi connectivity index (χ4v) is 2.53. The maximum absolute atomic E-state index is 9.88. The predicted octanol–water partition coefficient (Wildman–Crippen LogP) is 5.22. The zero-order valence-electron chi connectivity index (χ0n) is 13.6. The minimum atomic E-state index is 0.160. The quantitative estimate of drug-likeness (QED) is 0.677. The number of phenolic OH excluding ortho intramolecular Hbond substituents is 2. The number of benzene rings is 3. The van der Waals surface area contributed by atoms with Crippen LogP contribution in [0.5, 0.6) is 17.2 Å². The van der Waals surface area contributed by atoms with Gasteiger partial charge in [0, 0.05) is 0 Å². The molecule has 0 fully saturated rings. The van der Waals surface area contributed by atoms with Crippen LogP contribution in [0.25, 0.3) is 22.3 Å². The Morgan fingerprint density at radius 2 is 1.21 bits per heavy atom. The molecular weight excluding hydrogens is 300 g/mol. The van der Waals surface area contributed by atoms with E-state index >= 15 is 0 Å². The first kappa shape index (κ1) is 15.9. The van der Waals surface area contributed by atoms with Crippen molar-refractivity contribution in [1.82, 2.24) is 0 Å². The summed E-state index contributed by atoms with van der Waals surface area (Å²) < 4.78 is 5.58. The van der Waals surface area contributed by atoms with Crippen molar-refractivity contribution < 1.29 is 14.9 Å². The summed E-state index contributed by atoms with van der Waals surface area (Å²) in [6.45, 7) is 2.61. The van der Waals surface area contributed by atoms with E-state index in [2.05, 4.69) is 0 Å². The van der Waals surface area contributed by atoms with Crippen LogP contribution in [0.15, 0.2) is 66.7 Å². The highest BCUT2D eigenvalue weighted by atomic mass is 16.5. The maximum atomic E-state index is 9.88. The molecule has 0 atom stereocenters. The molecule has 3 aromatic carbocycles. The summed E-state index contributed by atoms with van der Waals surface area (Å²) in [6.07, 6.45) is 0.894. The van der Waals surface area contributed by atoms with Crippen molar-refractivity contribution in [2.24, 2.45) is 0 Å². The van der Waals surface area contributed by atoms with Crippen molar-refractivity contribution in [3.63, 3.8) is 0 Å². The lowest BCUT2D eigenvalue weighted by Crippen LogP contribution is -1.95. The van der Waals surface area contributed by atoms with Gasteiger partial charge >= 0.3 is 0 Å². The maximum Gasteiger partial charge on any atom is 0.161 e. The molecule has 0 aliphatic rings. The first-order valence-corrected chi connectivity index (χ1v) is 8.03. The second-order valence-corrected chi connectivity index (χ2v) is 5.66. The van der Waals surface area contributed by atoms with Crippen LogP contribution in [0.2, 0.25) is 0 Å². The number of rotatable bonds is 5. The number of hydrogen-bond donors (Lipinski definition) is 2. The van der Waals surface area contributed by atoms with E-state index in [4.69, 9.17) is 4.74 Å². The first-order chi connectivity index (χ1) is 11.7. The highest BCUT2D eigenvalue weighted by Gasteiger charge is 2.06. The third-order valence-corrected chi connectivity index (χ3v) is 3.84. The van der Waals surface area contributed by atoms with Crippen LogP contribution in [0.4, 0.5) is 0 Å². The van der Waals surface area contributed by atoms with Gasteiger partial charge in [-0.2, -0.15) is 0 Å². The van der Waals surface area contributed by atoms with Crippen molar-refractivity contribution in [3.05, 3.63) is 66.7 Å². The van der Waals surface area contributed by atoms with Gasteiger partial charge in [-0.25, -0.2) is 0 Å². The van der Waals surface area contributed by atoms with Gasteiger partial charge in [0.05, 0.1) is 6.61 Å². The van der Waals surface area contributed by atoms with Crippen LogP contribution in [0.3, 0.4) is 0 Å². The van der Waals surface area contributed by atoms with E-state index in [0.29, 0.717) is 12.4 Å².